The van der Waals surface area contributed by atoms with Crippen molar-refractivity contribution in [1.82, 2.24) is 10.2 Å². The van der Waals surface area contributed by atoms with Crippen LogP contribution in [-0.2, 0) is 11.3 Å². The molecule has 1 amide bonds. The summed E-state index contributed by atoms with van der Waals surface area (Å²) in [7, 11) is 1.89. The second-order valence-corrected chi connectivity index (χ2v) is 4.87. The number of carbonyl (C=O) groups excluding carboxylic acids is 1. The van der Waals surface area contributed by atoms with E-state index in [9.17, 15) is 4.79 Å². The molecule has 3 heteroatoms. The molecule has 0 radical (unpaired) electrons. The van der Waals surface area contributed by atoms with Gasteiger partial charge in [0.2, 0.25) is 5.91 Å². The molecular formula is C14H20N2O. The lowest BCUT2D eigenvalue weighted by Crippen LogP contribution is -2.33. The molecule has 0 aliphatic carbocycles. The lowest BCUT2D eigenvalue weighted by molar-refractivity contribution is -0.134. The van der Waals surface area contributed by atoms with E-state index in [0.29, 0.717) is 6.54 Å². The maximum atomic E-state index is 12.1. The van der Waals surface area contributed by atoms with E-state index in [-0.39, 0.29) is 11.8 Å². The maximum absolute atomic E-state index is 12.1. The Kier molecular flexibility index (Phi) is 3.79. The Balaban J connectivity index is 1.93. The number of benzene rings is 1. The highest BCUT2D eigenvalue weighted by molar-refractivity contribution is 5.79. The van der Waals surface area contributed by atoms with Gasteiger partial charge in [-0.3, -0.25) is 4.79 Å². The molecule has 0 saturated carbocycles. The van der Waals surface area contributed by atoms with Gasteiger partial charge in [-0.15, -0.1) is 0 Å². The van der Waals surface area contributed by atoms with Crippen molar-refractivity contribution in [1.29, 1.82) is 0 Å². The molecule has 1 atom stereocenters. The van der Waals surface area contributed by atoms with Crippen LogP contribution in [0.1, 0.15) is 17.5 Å². The minimum atomic E-state index is 0.172. The number of nitrogens with zero attached hydrogens (tertiary/aromatic N) is 1. The van der Waals surface area contributed by atoms with Crippen LogP contribution in [-0.4, -0.2) is 30.9 Å². The summed E-state index contributed by atoms with van der Waals surface area (Å²) in [5.41, 5.74) is 2.44. The number of carbonyl (C=O) groups is 1. The van der Waals surface area contributed by atoms with E-state index < -0.39 is 0 Å². The molecule has 1 N–H and O–H groups in total. The zero-order valence-electron chi connectivity index (χ0n) is 10.6. The van der Waals surface area contributed by atoms with Crippen molar-refractivity contribution < 1.29 is 4.79 Å². The Labute approximate surface area is 103 Å². The van der Waals surface area contributed by atoms with Crippen molar-refractivity contribution in [3.63, 3.8) is 0 Å². The van der Waals surface area contributed by atoms with E-state index >= 15 is 0 Å². The van der Waals surface area contributed by atoms with Crippen molar-refractivity contribution in [3.05, 3.63) is 35.4 Å². The van der Waals surface area contributed by atoms with Gasteiger partial charge < -0.3 is 10.2 Å². The van der Waals surface area contributed by atoms with Crippen LogP contribution < -0.4 is 5.32 Å². The number of hydrogen-bond donors (Lipinski definition) is 1. The summed E-state index contributed by atoms with van der Waals surface area (Å²) < 4.78 is 0. The zero-order valence-corrected chi connectivity index (χ0v) is 10.6. The summed E-state index contributed by atoms with van der Waals surface area (Å²) in [5.74, 6) is 0.432. The lowest BCUT2D eigenvalue weighted by Gasteiger charge is -2.20. The van der Waals surface area contributed by atoms with Crippen LogP contribution in [0.2, 0.25) is 0 Å². The van der Waals surface area contributed by atoms with Gasteiger partial charge in [-0.25, -0.2) is 0 Å². The van der Waals surface area contributed by atoms with Crippen LogP contribution in [0.15, 0.2) is 24.3 Å². The number of rotatable bonds is 3. The van der Waals surface area contributed by atoms with E-state index in [2.05, 4.69) is 36.5 Å². The van der Waals surface area contributed by atoms with Crippen LogP contribution in [0.4, 0.5) is 0 Å². The SMILES string of the molecule is Cc1ccc(CN(C)C(=O)C2CCNC2)cc1. The van der Waals surface area contributed by atoms with E-state index in [4.69, 9.17) is 0 Å². The molecular weight excluding hydrogens is 212 g/mol. The first-order valence-electron chi connectivity index (χ1n) is 6.18. The van der Waals surface area contributed by atoms with Gasteiger partial charge >= 0.3 is 0 Å². The molecule has 1 aliphatic rings. The van der Waals surface area contributed by atoms with E-state index in [0.717, 1.165) is 19.5 Å². The number of aryl methyl sites for hydroxylation is 1. The Morgan fingerprint density at radius 3 is 2.71 bits per heavy atom. The molecule has 0 spiro atoms. The lowest BCUT2D eigenvalue weighted by atomic mass is 10.1. The third-order valence-electron chi connectivity index (χ3n) is 3.33. The highest BCUT2D eigenvalue weighted by Crippen LogP contribution is 2.13. The Bertz CT molecular complexity index is 380. The summed E-state index contributed by atoms with van der Waals surface area (Å²) in [6.07, 6.45) is 0.969. The highest BCUT2D eigenvalue weighted by Gasteiger charge is 2.25. The Morgan fingerprint density at radius 1 is 1.41 bits per heavy atom. The normalized spacial score (nSPS) is 19.3. The minimum absolute atomic E-state index is 0.172. The first-order chi connectivity index (χ1) is 8.16. The fourth-order valence-corrected chi connectivity index (χ4v) is 2.22. The van der Waals surface area contributed by atoms with E-state index in [1.54, 1.807) is 0 Å². The fourth-order valence-electron chi connectivity index (χ4n) is 2.22. The van der Waals surface area contributed by atoms with Crippen LogP contribution >= 0.6 is 0 Å². The third-order valence-corrected chi connectivity index (χ3v) is 3.33. The summed E-state index contributed by atoms with van der Waals surface area (Å²) in [6, 6.07) is 8.35. The predicted molar refractivity (Wildman–Crippen MR) is 68.6 cm³/mol. The largest absolute Gasteiger partial charge is 0.341 e. The number of amides is 1. The molecule has 1 aromatic rings. The summed E-state index contributed by atoms with van der Waals surface area (Å²) in [5, 5.41) is 3.23. The van der Waals surface area contributed by atoms with Crippen LogP contribution in [0, 0.1) is 12.8 Å². The van der Waals surface area contributed by atoms with E-state index in [1.807, 2.05) is 11.9 Å². The molecule has 1 aliphatic heterocycles. The van der Waals surface area contributed by atoms with Crippen molar-refractivity contribution in [2.24, 2.45) is 5.92 Å². The minimum Gasteiger partial charge on any atom is -0.341 e. The van der Waals surface area contributed by atoms with Gasteiger partial charge in [0.1, 0.15) is 0 Å². The van der Waals surface area contributed by atoms with Crippen LogP contribution in [0.25, 0.3) is 0 Å². The first-order valence-corrected chi connectivity index (χ1v) is 6.18. The average molecular weight is 232 g/mol. The highest BCUT2D eigenvalue weighted by atomic mass is 16.2. The first kappa shape index (κ1) is 12.1. The second kappa shape index (κ2) is 5.32. The maximum Gasteiger partial charge on any atom is 0.227 e. The Morgan fingerprint density at radius 2 is 2.12 bits per heavy atom. The number of hydrogen-bond acceptors (Lipinski definition) is 2. The monoisotopic (exact) mass is 232 g/mol. The van der Waals surface area contributed by atoms with Gasteiger partial charge in [0.05, 0.1) is 5.92 Å². The molecule has 17 heavy (non-hydrogen) atoms. The zero-order chi connectivity index (χ0) is 12.3. The van der Waals surface area contributed by atoms with Crippen molar-refractivity contribution >= 4 is 5.91 Å². The molecule has 1 fully saturated rings. The topological polar surface area (TPSA) is 32.3 Å². The second-order valence-electron chi connectivity index (χ2n) is 4.87. The quantitative estimate of drug-likeness (QED) is 0.858. The predicted octanol–water partition coefficient (Wildman–Crippen LogP) is 1.56. The fraction of sp³-hybridized carbons (Fsp3) is 0.500. The van der Waals surface area contributed by atoms with Crippen molar-refractivity contribution in [2.45, 2.75) is 19.9 Å². The van der Waals surface area contributed by atoms with Gasteiger partial charge in [0, 0.05) is 20.1 Å². The van der Waals surface area contributed by atoms with Crippen LogP contribution in [0.3, 0.4) is 0 Å². The molecule has 1 heterocycles. The summed E-state index contributed by atoms with van der Waals surface area (Å²) >= 11 is 0. The molecule has 1 saturated heterocycles. The van der Waals surface area contributed by atoms with E-state index in [1.165, 1.54) is 11.1 Å². The van der Waals surface area contributed by atoms with Crippen molar-refractivity contribution in [2.75, 3.05) is 20.1 Å². The van der Waals surface area contributed by atoms with Gasteiger partial charge in [-0.2, -0.15) is 0 Å². The molecule has 0 aromatic heterocycles. The third kappa shape index (κ3) is 3.07. The molecule has 92 valence electrons. The molecule has 0 bridgehead atoms. The average Bonchev–Trinajstić information content (AvgIpc) is 2.84. The molecule has 3 nitrogen and oxygen atoms in total. The van der Waals surface area contributed by atoms with Gasteiger partial charge in [0.25, 0.3) is 0 Å². The molecule has 2 rings (SSSR count). The van der Waals surface area contributed by atoms with Gasteiger partial charge in [-0.05, 0) is 25.5 Å². The van der Waals surface area contributed by atoms with Gasteiger partial charge in [0.15, 0.2) is 0 Å². The van der Waals surface area contributed by atoms with Crippen LogP contribution in [0.5, 0.6) is 0 Å². The number of nitrogens with one attached hydrogen (secondary N) is 1. The Hall–Kier alpha value is -1.35. The summed E-state index contributed by atoms with van der Waals surface area (Å²) in [4.78, 5) is 13.9. The van der Waals surface area contributed by atoms with Gasteiger partial charge in [-0.1, -0.05) is 29.8 Å². The van der Waals surface area contributed by atoms with Crippen molar-refractivity contribution in [3.8, 4) is 0 Å². The molecule has 1 unspecified atom stereocenters. The molecule has 1 aromatic carbocycles. The summed E-state index contributed by atoms with van der Waals surface area (Å²) in [6.45, 7) is 4.57. The standard InChI is InChI=1S/C14H20N2O/c1-11-3-5-12(6-4-11)10-16(2)14(17)13-7-8-15-9-13/h3-6,13,15H,7-10H2,1-2H3. The smallest absolute Gasteiger partial charge is 0.227 e.